The van der Waals surface area contributed by atoms with Gasteiger partial charge in [-0.05, 0) is 32.1 Å². The minimum absolute atomic E-state index is 0.0959. The molecule has 0 saturated carbocycles. The van der Waals surface area contributed by atoms with E-state index in [1.54, 1.807) is 0 Å². The summed E-state index contributed by atoms with van der Waals surface area (Å²) in [7, 11) is 0. The zero-order valence-electron chi connectivity index (χ0n) is 10.4. The maximum absolute atomic E-state index is 11.6. The van der Waals surface area contributed by atoms with Gasteiger partial charge in [-0.3, -0.25) is 4.79 Å². The summed E-state index contributed by atoms with van der Waals surface area (Å²) in [6.07, 6.45) is 3.33. The fraction of sp³-hybridized carbons (Fsp3) is 0.917. The summed E-state index contributed by atoms with van der Waals surface area (Å²) < 4.78 is 5.40. The van der Waals surface area contributed by atoms with Crippen molar-refractivity contribution in [2.75, 3.05) is 26.3 Å². The van der Waals surface area contributed by atoms with Crippen molar-refractivity contribution in [3.05, 3.63) is 0 Å². The van der Waals surface area contributed by atoms with Crippen LogP contribution in [0.1, 0.15) is 33.1 Å². The van der Waals surface area contributed by atoms with Crippen LogP contribution in [-0.2, 0) is 9.53 Å². The number of carbonyl (C=O) groups is 1. The van der Waals surface area contributed by atoms with Gasteiger partial charge >= 0.3 is 0 Å². The molecule has 0 aliphatic carbocycles. The monoisotopic (exact) mass is 228 g/mol. The van der Waals surface area contributed by atoms with Crippen molar-refractivity contribution < 1.29 is 9.53 Å². The highest BCUT2D eigenvalue weighted by molar-refractivity contribution is 5.81. The van der Waals surface area contributed by atoms with Crippen LogP contribution in [0.3, 0.4) is 0 Å². The molecule has 1 rings (SSSR count). The Hall–Kier alpha value is -0.610. The molecule has 2 N–H and O–H groups in total. The smallest absolute Gasteiger partial charge is 0.236 e. The van der Waals surface area contributed by atoms with Crippen LogP contribution < -0.4 is 10.6 Å². The number of rotatable bonds is 6. The molecule has 0 aromatic carbocycles. The highest BCUT2D eigenvalue weighted by Crippen LogP contribution is 2.12. The molecule has 0 radical (unpaired) electrons. The lowest BCUT2D eigenvalue weighted by Gasteiger charge is -2.24. The van der Waals surface area contributed by atoms with Crippen LogP contribution in [0.4, 0.5) is 0 Å². The van der Waals surface area contributed by atoms with Gasteiger partial charge in [-0.15, -0.1) is 0 Å². The zero-order valence-corrected chi connectivity index (χ0v) is 10.4. The Morgan fingerprint density at radius 3 is 3.00 bits per heavy atom. The molecule has 1 aliphatic heterocycles. The zero-order chi connectivity index (χ0) is 11.8. The van der Waals surface area contributed by atoms with Gasteiger partial charge in [-0.1, -0.05) is 6.92 Å². The van der Waals surface area contributed by atoms with Crippen LogP contribution in [0, 0.1) is 5.92 Å². The van der Waals surface area contributed by atoms with Crippen molar-refractivity contribution in [2.24, 2.45) is 5.92 Å². The third kappa shape index (κ3) is 4.94. The first-order chi connectivity index (χ1) is 7.74. The largest absolute Gasteiger partial charge is 0.381 e. The van der Waals surface area contributed by atoms with E-state index >= 15 is 0 Å². The van der Waals surface area contributed by atoms with Gasteiger partial charge in [0.1, 0.15) is 0 Å². The molecule has 4 heteroatoms. The van der Waals surface area contributed by atoms with Gasteiger partial charge in [0.25, 0.3) is 0 Å². The fourth-order valence-electron chi connectivity index (χ4n) is 1.81. The number of ether oxygens (including phenoxy) is 1. The average molecular weight is 228 g/mol. The molecule has 0 aromatic rings. The van der Waals surface area contributed by atoms with Crippen LogP contribution in [0.25, 0.3) is 0 Å². The molecule has 1 heterocycles. The molecule has 0 aromatic heterocycles. The quantitative estimate of drug-likeness (QED) is 0.710. The summed E-state index contributed by atoms with van der Waals surface area (Å²) in [5.74, 6) is 0.661. The van der Waals surface area contributed by atoms with E-state index in [0.717, 1.165) is 39.1 Å². The molecule has 16 heavy (non-hydrogen) atoms. The Kier molecular flexibility index (Phi) is 6.42. The lowest BCUT2D eigenvalue weighted by Crippen LogP contribution is -2.44. The molecule has 94 valence electrons. The number of hydrogen-bond acceptors (Lipinski definition) is 3. The third-order valence-electron chi connectivity index (χ3n) is 2.91. The molecule has 1 amide bonds. The second-order valence-electron chi connectivity index (χ2n) is 4.50. The molecule has 1 aliphatic rings. The Morgan fingerprint density at radius 1 is 1.56 bits per heavy atom. The normalized spacial score (nSPS) is 22.8. The first-order valence-electron chi connectivity index (χ1n) is 6.33. The summed E-state index contributed by atoms with van der Waals surface area (Å²) >= 11 is 0. The summed E-state index contributed by atoms with van der Waals surface area (Å²) in [6, 6.07) is -0.103. The van der Waals surface area contributed by atoms with Gasteiger partial charge in [-0.25, -0.2) is 0 Å². The first kappa shape index (κ1) is 13.5. The van der Waals surface area contributed by atoms with Crippen LogP contribution >= 0.6 is 0 Å². The molecular weight excluding hydrogens is 204 g/mol. The summed E-state index contributed by atoms with van der Waals surface area (Å²) in [5, 5.41) is 6.16. The molecule has 0 bridgehead atoms. The third-order valence-corrected chi connectivity index (χ3v) is 2.91. The van der Waals surface area contributed by atoms with Crippen LogP contribution in [0.5, 0.6) is 0 Å². The van der Waals surface area contributed by atoms with Crippen molar-refractivity contribution in [3.63, 3.8) is 0 Å². The Bertz CT molecular complexity index is 203. The molecule has 2 atom stereocenters. The molecule has 0 spiro atoms. The van der Waals surface area contributed by atoms with Gasteiger partial charge in [0, 0.05) is 19.7 Å². The van der Waals surface area contributed by atoms with Crippen LogP contribution in [-0.4, -0.2) is 38.3 Å². The van der Waals surface area contributed by atoms with E-state index in [4.69, 9.17) is 4.74 Å². The summed E-state index contributed by atoms with van der Waals surface area (Å²) in [6.45, 7) is 7.32. The number of hydrogen-bond donors (Lipinski definition) is 2. The predicted octanol–water partition coefficient (Wildman–Crippen LogP) is 0.917. The second-order valence-corrected chi connectivity index (χ2v) is 4.50. The van der Waals surface area contributed by atoms with Gasteiger partial charge < -0.3 is 15.4 Å². The highest BCUT2D eigenvalue weighted by Gasteiger charge is 2.17. The molecule has 2 unspecified atom stereocenters. The van der Waals surface area contributed by atoms with Gasteiger partial charge in [0.15, 0.2) is 0 Å². The Morgan fingerprint density at radius 2 is 2.38 bits per heavy atom. The van der Waals surface area contributed by atoms with Gasteiger partial charge in [0.05, 0.1) is 12.6 Å². The highest BCUT2D eigenvalue weighted by atomic mass is 16.5. The number of carbonyl (C=O) groups excluding carboxylic acids is 1. The predicted molar refractivity (Wildman–Crippen MR) is 64.3 cm³/mol. The Balaban J connectivity index is 2.12. The minimum atomic E-state index is -0.103. The number of amides is 1. The van der Waals surface area contributed by atoms with Crippen molar-refractivity contribution in [1.82, 2.24) is 10.6 Å². The maximum Gasteiger partial charge on any atom is 0.236 e. The lowest BCUT2D eigenvalue weighted by molar-refractivity contribution is -0.122. The second kappa shape index (κ2) is 7.63. The van der Waals surface area contributed by atoms with Crippen molar-refractivity contribution in [2.45, 2.75) is 39.2 Å². The standard InChI is InChI=1S/C12H24N2O2/c1-3-6-13-12(15)10(2)14-8-11-5-4-7-16-9-11/h10-11,14H,3-9H2,1-2H3,(H,13,15). The molecular formula is C12H24N2O2. The van der Waals surface area contributed by atoms with E-state index < -0.39 is 0 Å². The SMILES string of the molecule is CCCNC(=O)C(C)NCC1CCCOC1. The van der Waals surface area contributed by atoms with Crippen molar-refractivity contribution in [1.29, 1.82) is 0 Å². The number of nitrogens with one attached hydrogen (secondary N) is 2. The average Bonchev–Trinajstić information content (AvgIpc) is 2.34. The molecule has 1 saturated heterocycles. The van der Waals surface area contributed by atoms with Crippen LogP contribution in [0.2, 0.25) is 0 Å². The lowest BCUT2D eigenvalue weighted by atomic mass is 10.0. The van der Waals surface area contributed by atoms with E-state index in [0.29, 0.717) is 5.92 Å². The van der Waals surface area contributed by atoms with E-state index in [2.05, 4.69) is 17.6 Å². The molecule has 1 fully saturated rings. The van der Waals surface area contributed by atoms with Crippen molar-refractivity contribution >= 4 is 5.91 Å². The van der Waals surface area contributed by atoms with E-state index in [-0.39, 0.29) is 11.9 Å². The first-order valence-corrected chi connectivity index (χ1v) is 6.33. The minimum Gasteiger partial charge on any atom is -0.381 e. The summed E-state index contributed by atoms with van der Waals surface area (Å²) in [5.41, 5.74) is 0. The Labute approximate surface area is 98.1 Å². The van der Waals surface area contributed by atoms with Gasteiger partial charge in [0.2, 0.25) is 5.91 Å². The van der Waals surface area contributed by atoms with E-state index in [1.165, 1.54) is 6.42 Å². The van der Waals surface area contributed by atoms with E-state index in [9.17, 15) is 4.79 Å². The topological polar surface area (TPSA) is 50.4 Å². The maximum atomic E-state index is 11.6. The fourth-order valence-corrected chi connectivity index (χ4v) is 1.81. The molecule has 4 nitrogen and oxygen atoms in total. The van der Waals surface area contributed by atoms with Crippen molar-refractivity contribution in [3.8, 4) is 0 Å². The van der Waals surface area contributed by atoms with E-state index in [1.807, 2.05) is 6.92 Å². The van der Waals surface area contributed by atoms with Gasteiger partial charge in [-0.2, -0.15) is 0 Å². The summed E-state index contributed by atoms with van der Waals surface area (Å²) in [4.78, 5) is 11.6. The van der Waals surface area contributed by atoms with Crippen LogP contribution in [0.15, 0.2) is 0 Å².